The normalized spacial score (nSPS) is 10.1. The third kappa shape index (κ3) is 1.87. The first-order chi connectivity index (χ1) is 6.56. The second kappa shape index (κ2) is 3.86. The van der Waals surface area contributed by atoms with Crippen LogP contribution >= 0.6 is 0 Å². The molecule has 14 heavy (non-hydrogen) atoms. The number of hydrogen-bond acceptors (Lipinski definition) is 4. The standard InChI is InChI=1S/C7H9N3O4/c1-2-3-9-4-5(10(13)14)6(8-9)7(11)12/h4H,2-3H2,1H3,(H,11,12). The molecule has 0 atom stereocenters. The smallest absolute Gasteiger partial charge is 0.363 e. The van der Waals surface area contributed by atoms with Gasteiger partial charge in [0.2, 0.25) is 5.69 Å². The summed E-state index contributed by atoms with van der Waals surface area (Å²) in [5, 5.41) is 22.6. The Bertz CT molecular complexity index is 340. The molecule has 0 unspecified atom stereocenters. The number of aryl methyl sites for hydroxylation is 1. The molecule has 0 aliphatic rings. The van der Waals surface area contributed by atoms with Crippen LogP contribution in [0, 0.1) is 10.1 Å². The molecule has 0 aromatic carbocycles. The molecule has 76 valence electrons. The minimum absolute atomic E-state index is 0.466. The van der Waals surface area contributed by atoms with Gasteiger partial charge in [-0.05, 0) is 6.42 Å². The summed E-state index contributed by atoms with van der Waals surface area (Å²) in [5.41, 5.74) is -0.977. The van der Waals surface area contributed by atoms with E-state index in [9.17, 15) is 14.9 Å². The lowest BCUT2D eigenvalue weighted by molar-refractivity contribution is -0.385. The molecule has 0 saturated carbocycles. The van der Waals surface area contributed by atoms with Crippen LogP contribution in [0.15, 0.2) is 6.20 Å². The van der Waals surface area contributed by atoms with E-state index < -0.39 is 22.3 Å². The van der Waals surface area contributed by atoms with E-state index in [0.29, 0.717) is 6.54 Å². The molecule has 1 aromatic rings. The average molecular weight is 199 g/mol. The van der Waals surface area contributed by atoms with Crippen LogP contribution in [0.1, 0.15) is 23.8 Å². The Labute approximate surface area is 79.1 Å². The molecular formula is C7H9N3O4. The Hall–Kier alpha value is -1.92. The van der Waals surface area contributed by atoms with Gasteiger partial charge in [0.1, 0.15) is 6.20 Å². The number of hydrogen-bond donors (Lipinski definition) is 1. The fraction of sp³-hybridized carbons (Fsp3) is 0.429. The molecule has 7 nitrogen and oxygen atoms in total. The van der Waals surface area contributed by atoms with Crippen LogP contribution in [0.4, 0.5) is 5.69 Å². The van der Waals surface area contributed by atoms with E-state index in [1.807, 2.05) is 6.92 Å². The minimum Gasteiger partial charge on any atom is -0.476 e. The highest BCUT2D eigenvalue weighted by Crippen LogP contribution is 2.16. The highest BCUT2D eigenvalue weighted by molar-refractivity contribution is 5.89. The molecule has 1 N–H and O–H groups in total. The van der Waals surface area contributed by atoms with Crippen molar-refractivity contribution >= 4 is 11.7 Å². The fourth-order valence-electron chi connectivity index (χ4n) is 1.04. The second-order valence-electron chi connectivity index (χ2n) is 2.69. The van der Waals surface area contributed by atoms with Crippen molar-refractivity contribution in [1.29, 1.82) is 0 Å². The summed E-state index contributed by atoms with van der Waals surface area (Å²) in [6, 6.07) is 0. The van der Waals surface area contributed by atoms with Crippen molar-refractivity contribution < 1.29 is 14.8 Å². The molecule has 0 fully saturated rings. The maximum Gasteiger partial charge on any atom is 0.363 e. The topological polar surface area (TPSA) is 98.3 Å². The van der Waals surface area contributed by atoms with Crippen LogP contribution in [0.25, 0.3) is 0 Å². The third-order valence-electron chi connectivity index (χ3n) is 1.59. The van der Waals surface area contributed by atoms with E-state index in [1.54, 1.807) is 0 Å². The van der Waals surface area contributed by atoms with Crippen molar-refractivity contribution in [3.63, 3.8) is 0 Å². The van der Waals surface area contributed by atoms with Crippen LogP contribution in [-0.4, -0.2) is 25.8 Å². The number of nitro groups is 1. The lowest BCUT2D eigenvalue weighted by atomic mass is 10.4. The first-order valence-electron chi connectivity index (χ1n) is 4.01. The number of carboxylic acid groups (broad SMARTS) is 1. The zero-order valence-corrected chi connectivity index (χ0v) is 7.51. The van der Waals surface area contributed by atoms with Gasteiger partial charge in [0.05, 0.1) is 4.92 Å². The van der Waals surface area contributed by atoms with Crippen LogP contribution < -0.4 is 0 Å². The Morgan fingerprint density at radius 3 is 2.79 bits per heavy atom. The van der Waals surface area contributed by atoms with E-state index >= 15 is 0 Å². The van der Waals surface area contributed by atoms with Crippen LogP contribution in [-0.2, 0) is 6.54 Å². The van der Waals surface area contributed by atoms with Crippen molar-refractivity contribution in [2.75, 3.05) is 0 Å². The first kappa shape index (κ1) is 10.2. The minimum atomic E-state index is -1.38. The molecule has 0 bridgehead atoms. The maximum absolute atomic E-state index is 10.6. The van der Waals surface area contributed by atoms with Gasteiger partial charge in [0.15, 0.2) is 0 Å². The molecule has 1 heterocycles. The van der Waals surface area contributed by atoms with Crippen LogP contribution in [0.3, 0.4) is 0 Å². The Morgan fingerprint density at radius 2 is 2.43 bits per heavy atom. The van der Waals surface area contributed by atoms with E-state index in [2.05, 4.69) is 5.10 Å². The van der Waals surface area contributed by atoms with Gasteiger partial charge >= 0.3 is 11.7 Å². The van der Waals surface area contributed by atoms with Gasteiger partial charge in [0.25, 0.3) is 0 Å². The van der Waals surface area contributed by atoms with Crippen LogP contribution in [0.5, 0.6) is 0 Å². The molecule has 0 radical (unpaired) electrons. The molecule has 1 aromatic heterocycles. The van der Waals surface area contributed by atoms with E-state index in [-0.39, 0.29) is 0 Å². The summed E-state index contributed by atoms with van der Waals surface area (Å²) in [6.07, 6.45) is 1.87. The monoisotopic (exact) mass is 199 g/mol. The van der Waals surface area contributed by atoms with Gasteiger partial charge < -0.3 is 5.11 Å². The highest BCUT2D eigenvalue weighted by atomic mass is 16.6. The highest BCUT2D eigenvalue weighted by Gasteiger charge is 2.24. The Morgan fingerprint density at radius 1 is 1.79 bits per heavy atom. The van der Waals surface area contributed by atoms with Gasteiger partial charge in [0, 0.05) is 6.54 Å². The van der Waals surface area contributed by atoms with Crippen molar-refractivity contribution in [1.82, 2.24) is 9.78 Å². The number of nitrogens with zero attached hydrogens (tertiary/aromatic N) is 3. The van der Waals surface area contributed by atoms with Gasteiger partial charge in [-0.2, -0.15) is 5.10 Å². The van der Waals surface area contributed by atoms with E-state index in [1.165, 1.54) is 4.68 Å². The van der Waals surface area contributed by atoms with Gasteiger partial charge in [-0.1, -0.05) is 6.92 Å². The zero-order valence-electron chi connectivity index (χ0n) is 7.51. The summed E-state index contributed by atoms with van der Waals surface area (Å²) in [4.78, 5) is 20.2. The van der Waals surface area contributed by atoms with Gasteiger partial charge in [-0.3, -0.25) is 14.8 Å². The van der Waals surface area contributed by atoms with Gasteiger partial charge in [-0.15, -0.1) is 0 Å². The van der Waals surface area contributed by atoms with E-state index in [4.69, 9.17) is 5.11 Å². The third-order valence-corrected chi connectivity index (χ3v) is 1.59. The molecular weight excluding hydrogens is 190 g/mol. The number of carbonyl (C=O) groups is 1. The molecule has 0 amide bonds. The summed E-state index contributed by atoms with van der Waals surface area (Å²) >= 11 is 0. The van der Waals surface area contributed by atoms with Crippen molar-refractivity contribution in [3.8, 4) is 0 Å². The Kier molecular flexibility index (Phi) is 2.80. The predicted molar refractivity (Wildman–Crippen MR) is 46.1 cm³/mol. The van der Waals surface area contributed by atoms with Gasteiger partial charge in [-0.25, -0.2) is 4.79 Å². The zero-order chi connectivity index (χ0) is 10.7. The fourth-order valence-corrected chi connectivity index (χ4v) is 1.04. The number of rotatable bonds is 4. The number of aromatic carboxylic acids is 1. The van der Waals surface area contributed by atoms with Crippen molar-refractivity contribution in [2.45, 2.75) is 19.9 Å². The molecule has 7 heteroatoms. The lowest BCUT2D eigenvalue weighted by Crippen LogP contribution is -2.03. The summed E-state index contributed by atoms with van der Waals surface area (Å²) in [6.45, 7) is 2.34. The van der Waals surface area contributed by atoms with Crippen LogP contribution in [0.2, 0.25) is 0 Å². The second-order valence-corrected chi connectivity index (χ2v) is 2.69. The number of carboxylic acids is 1. The lowest BCUT2D eigenvalue weighted by Gasteiger charge is -1.92. The summed E-state index contributed by atoms with van der Waals surface area (Å²) in [7, 11) is 0. The molecule has 1 rings (SSSR count). The van der Waals surface area contributed by atoms with Crippen molar-refractivity contribution in [2.24, 2.45) is 0 Å². The molecule has 0 saturated heterocycles. The summed E-state index contributed by atoms with van der Waals surface area (Å²) < 4.78 is 1.27. The largest absolute Gasteiger partial charge is 0.476 e. The number of aromatic nitrogens is 2. The van der Waals surface area contributed by atoms with Crippen molar-refractivity contribution in [3.05, 3.63) is 22.0 Å². The predicted octanol–water partition coefficient (Wildman–Crippen LogP) is 0.899. The average Bonchev–Trinajstić information content (AvgIpc) is 2.49. The quantitative estimate of drug-likeness (QED) is 0.573. The SMILES string of the molecule is CCCn1cc([N+](=O)[O-])c(C(=O)O)n1. The molecule has 0 spiro atoms. The first-order valence-corrected chi connectivity index (χ1v) is 4.01. The maximum atomic E-state index is 10.6. The van der Waals surface area contributed by atoms with E-state index in [0.717, 1.165) is 12.6 Å². The summed E-state index contributed by atoms with van der Waals surface area (Å²) in [5.74, 6) is -1.38. The molecule has 0 aliphatic carbocycles. The Balaban J connectivity index is 3.12. The molecule has 0 aliphatic heterocycles.